The van der Waals surface area contributed by atoms with Crippen LogP contribution in [0.2, 0.25) is 0 Å². The zero-order chi connectivity index (χ0) is 9.23. The fourth-order valence-electron chi connectivity index (χ4n) is 1.15. The molecule has 12 heavy (non-hydrogen) atoms. The van der Waals surface area contributed by atoms with Crippen LogP contribution < -0.4 is 0 Å². The molecule has 0 atom stereocenters. The van der Waals surface area contributed by atoms with Crippen molar-refractivity contribution in [3.8, 4) is 0 Å². The summed E-state index contributed by atoms with van der Waals surface area (Å²) < 4.78 is 0. The maximum atomic E-state index is 8.77. The summed E-state index contributed by atoms with van der Waals surface area (Å²) in [6.45, 7) is 5.47. The molecule has 0 saturated carbocycles. The molecule has 0 aliphatic heterocycles. The van der Waals surface area contributed by atoms with Crippen molar-refractivity contribution in [1.82, 2.24) is 4.90 Å². The number of hydrogen-bond donors (Lipinski definition) is 2. The van der Waals surface area contributed by atoms with E-state index in [-0.39, 0.29) is 6.61 Å². The molecule has 0 spiro atoms. The van der Waals surface area contributed by atoms with E-state index in [1.54, 1.807) is 0 Å². The molecule has 0 radical (unpaired) electrons. The molecule has 0 fully saturated rings. The van der Waals surface area contributed by atoms with Crippen molar-refractivity contribution >= 4 is 12.6 Å². The average Bonchev–Trinajstić information content (AvgIpc) is 2.10. The molecular weight excluding hydrogens is 170 g/mol. The molecule has 0 unspecified atom stereocenters. The Morgan fingerprint density at radius 3 is 2.33 bits per heavy atom. The highest BCUT2D eigenvalue weighted by Gasteiger charge is 2.01. The highest BCUT2D eigenvalue weighted by atomic mass is 32.1. The molecule has 0 rings (SSSR count). The largest absolute Gasteiger partial charge is 0.395 e. The second kappa shape index (κ2) is 9.36. The number of rotatable bonds is 8. The van der Waals surface area contributed by atoms with Crippen LogP contribution in [0.4, 0.5) is 0 Å². The number of nitrogens with zero attached hydrogens (tertiary/aromatic N) is 1. The summed E-state index contributed by atoms with van der Waals surface area (Å²) in [5.41, 5.74) is 0. The van der Waals surface area contributed by atoms with E-state index in [9.17, 15) is 0 Å². The Balaban J connectivity index is 3.40. The topological polar surface area (TPSA) is 23.5 Å². The fourth-order valence-corrected chi connectivity index (χ4v) is 1.29. The quantitative estimate of drug-likeness (QED) is 0.567. The molecule has 0 aliphatic carbocycles. The second-order valence-electron chi connectivity index (χ2n) is 3.00. The van der Waals surface area contributed by atoms with E-state index in [0.717, 1.165) is 31.8 Å². The van der Waals surface area contributed by atoms with Crippen LogP contribution in [0.25, 0.3) is 0 Å². The fraction of sp³-hybridized carbons (Fsp3) is 1.00. The van der Waals surface area contributed by atoms with Gasteiger partial charge in [0.05, 0.1) is 6.61 Å². The first-order valence-corrected chi connectivity index (χ1v) is 5.42. The summed E-state index contributed by atoms with van der Waals surface area (Å²) in [7, 11) is 0. The summed E-state index contributed by atoms with van der Waals surface area (Å²) in [6.07, 6.45) is 3.57. The lowest BCUT2D eigenvalue weighted by atomic mass is 10.3. The predicted octanol–water partition coefficient (Wildman–Crippen LogP) is 1.40. The summed E-state index contributed by atoms with van der Waals surface area (Å²) in [4.78, 5) is 2.31. The van der Waals surface area contributed by atoms with Crippen LogP contribution in [-0.4, -0.2) is 42.0 Å². The van der Waals surface area contributed by atoms with Gasteiger partial charge in [-0.15, -0.1) is 0 Å². The first-order chi connectivity index (χ1) is 5.85. The van der Waals surface area contributed by atoms with Gasteiger partial charge in [0.15, 0.2) is 0 Å². The molecule has 0 heterocycles. The van der Waals surface area contributed by atoms with Gasteiger partial charge in [-0.25, -0.2) is 0 Å². The van der Waals surface area contributed by atoms with Gasteiger partial charge in [-0.1, -0.05) is 13.3 Å². The van der Waals surface area contributed by atoms with Crippen LogP contribution in [0.15, 0.2) is 0 Å². The SMILES string of the molecule is CCCCN(CCO)CCCS. The van der Waals surface area contributed by atoms with Gasteiger partial charge < -0.3 is 10.0 Å². The molecular formula is C9H21NOS. The third kappa shape index (κ3) is 6.95. The van der Waals surface area contributed by atoms with Gasteiger partial charge in [-0.05, 0) is 31.7 Å². The monoisotopic (exact) mass is 191 g/mol. The standard InChI is InChI=1S/C9H21NOS/c1-2-3-5-10(7-8-11)6-4-9-12/h11-12H,2-9H2,1H3. The Hall–Kier alpha value is 0.270. The van der Waals surface area contributed by atoms with Crippen LogP contribution in [0.5, 0.6) is 0 Å². The van der Waals surface area contributed by atoms with E-state index in [4.69, 9.17) is 5.11 Å². The number of hydrogen-bond acceptors (Lipinski definition) is 3. The predicted molar refractivity (Wildman–Crippen MR) is 56.9 cm³/mol. The molecule has 1 N–H and O–H groups in total. The first-order valence-electron chi connectivity index (χ1n) is 4.79. The molecule has 3 heteroatoms. The van der Waals surface area contributed by atoms with E-state index in [0.29, 0.717) is 0 Å². The summed E-state index contributed by atoms with van der Waals surface area (Å²) in [5, 5.41) is 8.77. The smallest absolute Gasteiger partial charge is 0.0558 e. The van der Waals surface area contributed by atoms with E-state index < -0.39 is 0 Å². The van der Waals surface area contributed by atoms with Gasteiger partial charge in [0.1, 0.15) is 0 Å². The summed E-state index contributed by atoms with van der Waals surface area (Å²) >= 11 is 4.17. The summed E-state index contributed by atoms with van der Waals surface area (Å²) in [5.74, 6) is 0.939. The van der Waals surface area contributed by atoms with E-state index in [1.807, 2.05) is 0 Å². The van der Waals surface area contributed by atoms with Crippen molar-refractivity contribution in [3.63, 3.8) is 0 Å². The minimum atomic E-state index is 0.274. The maximum Gasteiger partial charge on any atom is 0.0558 e. The average molecular weight is 191 g/mol. The minimum Gasteiger partial charge on any atom is -0.395 e. The molecule has 0 aromatic rings. The Morgan fingerprint density at radius 2 is 1.83 bits per heavy atom. The van der Waals surface area contributed by atoms with Gasteiger partial charge in [-0.3, -0.25) is 0 Å². The Morgan fingerprint density at radius 1 is 1.17 bits per heavy atom. The van der Waals surface area contributed by atoms with Gasteiger partial charge in [-0.2, -0.15) is 12.6 Å². The third-order valence-corrected chi connectivity index (χ3v) is 2.19. The van der Waals surface area contributed by atoms with Crippen molar-refractivity contribution in [3.05, 3.63) is 0 Å². The molecule has 0 bridgehead atoms. The van der Waals surface area contributed by atoms with Crippen LogP contribution in [-0.2, 0) is 0 Å². The summed E-state index contributed by atoms with van der Waals surface area (Å²) in [6, 6.07) is 0. The van der Waals surface area contributed by atoms with E-state index >= 15 is 0 Å². The van der Waals surface area contributed by atoms with E-state index in [1.165, 1.54) is 12.8 Å². The maximum absolute atomic E-state index is 8.77. The van der Waals surface area contributed by atoms with E-state index in [2.05, 4.69) is 24.5 Å². The van der Waals surface area contributed by atoms with Crippen LogP contribution in [0.1, 0.15) is 26.2 Å². The molecule has 2 nitrogen and oxygen atoms in total. The van der Waals surface area contributed by atoms with Crippen molar-refractivity contribution in [2.45, 2.75) is 26.2 Å². The molecule has 0 aromatic carbocycles. The second-order valence-corrected chi connectivity index (χ2v) is 3.44. The number of thiol groups is 1. The highest BCUT2D eigenvalue weighted by molar-refractivity contribution is 7.80. The molecule has 0 amide bonds. The zero-order valence-corrected chi connectivity index (χ0v) is 8.89. The molecule has 74 valence electrons. The number of unbranched alkanes of at least 4 members (excludes halogenated alkanes) is 1. The Bertz CT molecular complexity index is 82.6. The molecule has 0 aliphatic rings. The lowest BCUT2D eigenvalue weighted by molar-refractivity contribution is 0.194. The molecule has 0 saturated heterocycles. The van der Waals surface area contributed by atoms with Gasteiger partial charge in [0.2, 0.25) is 0 Å². The van der Waals surface area contributed by atoms with Crippen molar-refractivity contribution in [2.75, 3.05) is 32.0 Å². The molecule has 0 aromatic heterocycles. The van der Waals surface area contributed by atoms with Gasteiger partial charge in [0, 0.05) is 6.54 Å². The lowest BCUT2D eigenvalue weighted by Crippen LogP contribution is -2.29. The van der Waals surface area contributed by atoms with Crippen molar-refractivity contribution in [2.24, 2.45) is 0 Å². The Kier molecular flexibility index (Phi) is 9.57. The van der Waals surface area contributed by atoms with Crippen molar-refractivity contribution in [1.29, 1.82) is 0 Å². The normalized spacial score (nSPS) is 11.0. The first kappa shape index (κ1) is 12.3. The number of aliphatic hydroxyl groups excluding tert-OH is 1. The third-order valence-electron chi connectivity index (χ3n) is 1.88. The Labute approximate surface area is 81.4 Å². The van der Waals surface area contributed by atoms with Crippen LogP contribution in [0, 0.1) is 0 Å². The van der Waals surface area contributed by atoms with Crippen LogP contribution in [0.3, 0.4) is 0 Å². The van der Waals surface area contributed by atoms with Crippen molar-refractivity contribution < 1.29 is 5.11 Å². The van der Waals surface area contributed by atoms with Crippen LogP contribution >= 0.6 is 12.6 Å². The zero-order valence-electron chi connectivity index (χ0n) is 8.00. The van der Waals surface area contributed by atoms with Gasteiger partial charge in [0.25, 0.3) is 0 Å². The minimum absolute atomic E-state index is 0.274. The lowest BCUT2D eigenvalue weighted by Gasteiger charge is -2.20. The highest BCUT2D eigenvalue weighted by Crippen LogP contribution is 1.97. The van der Waals surface area contributed by atoms with Gasteiger partial charge >= 0.3 is 0 Å². The number of aliphatic hydroxyl groups is 1.